The monoisotopic (exact) mass is 237 g/mol. The van der Waals surface area contributed by atoms with E-state index in [2.05, 4.69) is 24.0 Å². The molecule has 0 saturated heterocycles. The summed E-state index contributed by atoms with van der Waals surface area (Å²) in [5.41, 5.74) is 2.54. The maximum absolute atomic E-state index is 8.79. The average Bonchev–Trinajstić information content (AvgIpc) is 2.29. The van der Waals surface area contributed by atoms with Crippen LogP contribution in [0.5, 0.6) is 5.75 Å². The molecule has 1 aromatic carbocycles. The maximum atomic E-state index is 8.79. The fourth-order valence-corrected chi connectivity index (χ4v) is 1.93. The van der Waals surface area contributed by atoms with E-state index >= 15 is 0 Å². The predicted molar refractivity (Wildman–Crippen MR) is 70.6 cm³/mol. The van der Waals surface area contributed by atoms with Gasteiger partial charge < -0.3 is 14.7 Å². The first kappa shape index (κ1) is 14.0. The quantitative estimate of drug-likeness (QED) is 0.785. The second-order valence-corrected chi connectivity index (χ2v) is 4.43. The molecule has 0 saturated carbocycles. The summed E-state index contributed by atoms with van der Waals surface area (Å²) in [5, 5.41) is 8.79. The average molecular weight is 237 g/mol. The second kappa shape index (κ2) is 7.30. The topological polar surface area (TPSA) is 32.7 Å². The van der Waals surface area contributed by atoms with Gasteiger partial charge in [0.25, 0.3) is 0 Å². The minimum Gasteiger partial charge on any atom is -0.496 e. The Morgan fingerprint density at radius 2 is 2.06 bits per heavy atom. The van der Waals surface area contributed by atoms with Gasteiger partial charge in [-0.15, -0.1) is 0 Å². The summed E-state index contributed by atoms with van der Waals surface area (Å²) in [6.07, 6.45) is 2.18. The van der Waals surface area contributed by atoms with Gasteiger partial charge in [-0.2, -0.15) is 0 Å². The molecular weight excluding hydrogens is 214 g/mol. The standard InChI is InChI=1S/C14H23NO2/c1-12-11-13(6-7-14(12)17-3)5-4-8-15(2)9-10-16/h6-7,11,16H,4-5,8-10H2,1-3H3. The molecule has 96 valence electrons. The van der Waals surface area contributed by atoms with Crippen LogP contribution >= 0.6 is 0 Å². The summed E-state index contributed by atoms with van der Waals surface area (Å²) in [4.78, 5) is 2.15. The number of aliphatic hydroxyl groups is 1. The fourth-order valence-electron chi connectivity index (χ4n) is 1.93. The number of aliphatic hydroxyl groups excluding tert-OH is 1. The highest BCUT2D eigenvalue weighted by Crippen LogP contribution is 2.19. The zero-order valence-electron chi connectivity index (χ0n) is 11.1. The molecule has 0 fully saturated rings. The number of nitrogens with zero attached hydrogens (tertiary/aromatic N) is 1. The smallest absolute Gasteiger partial charge is 0.121 e. The van der Waals surface area contributed by atoms with Crippen molar-refractivity contribution in [2.75, 3.05) is 33.9 Å². The highest BCUT2D eigenvalue weighted by molar-refractivity contribution is 5.36. The lowest BCUT2D eigenvalue weighted by molar-refractivity contribution is 0.220. The summed E-state index contributed by atoms with van der Waals surface area (Å²) >= 11 is 0. The molecule has 0 bridgehead atoms. The third-order valence-electron chi connectivity index (χ3n) is 2.95. The van der Waals surface area contributed by atoms with Crippen LogP contribution in [0.4, 0.5) is 0 Å². The SMILES string of the molecule is COc1ccc(CCCN(C)CCO)cc1C. The van der Waals surface area contributed by atoms with E-state index in [4.69, 9.17) is 9.84 Å². The lowest BCUT2D eigenvalue weighted by atomic mass is 10.1. The Labute approximate surface area is 104 Å². The van der Waals surface area contributed by atoms with Gasteiger partial charge in [0.05, 0.1) is 13.7 Å². The number of hydrogen-bond donors (Lipinski definition) is 1. The van der Waals surface area contributed by atoms with Crippen molar-refractivity contribution in [3.8, 4) is 5.75 Å². The summed E-state index contributed by atoms with van der Waals surface area (Å²) < 4.78 is 5.24. The molecular formula is C14H23NO2. The molecule has 17 heavy (non-hydrogen) atoms. The van der Waals surface area contributed by atoms with Crippen LogP contribution in [0.25, 0.3) is 0 Å². The van der Waals surface area contributed by atoms with E-state index in [1.54, 1.807) is 7.11 Å². The summed E-state index contributed by atoms with van der Waals surface area (Å²) in [6.45, 7) is 4.08. The number of benzene rings is 1. The Hall–Kier alpha value is -1.06. The number of ether oxygens (including phenoxy) is 1. The van der Waals surface area contributed by atoms with Crippen LogP contribution in [0.1, 0.15) is 17.5 Å². The van der Waals surface area contributed by atoms with Gasteiger partial charge in [-0.25, -0.2) is 0 Å². The van der Waals surface area contributed by atoms with Crippen molar-refractivity contribution in [2.45, 2.75) is 19.8 Å². The Kier molecular flexibility index (Phi) is 6.01. The van der Waals surface area contributed by atoms with E-state index in [-0.39, 0.29) is 6.61 Å². The zero-order chi connectivity index (χ0) is 12.7. The summed E-state index contributed by atoms with van der Waals surface area (Å²) in [6, 6.07) is 6.34. The first-order chi connectivity index (χ1) is 8.17. The van der Waals surface area contributed by atoms with Crippen LogP contribution in [-0.4, -0.2) is 43.9 Å². The van der Waals surface area contributed by atoms with Crippen molar-refractivity contribution < 1.29 is 9.84 Å². The first-order valence-corrected chi connectivity index (χ1v) is 6.10. The molecule has 1 rings (SSSR count). The molecule has 1 aromatic rings. The first-order valence-electron chi connectivity index (χ1n) is 6.10. The molecule has 0 aliphatic carbocycles. The maximum Gasteiger partial charge on any atom is 0.121 e. The van der Waals surface area contributed by atoms with Gasteiger partial charge >= 0.3 is 0 Å². The van der Waals surface area contributed by atoms with E-state index in [1.165, 1.54) is 11.1 Å². The largest absolute Gasteiger partial charge is 0.496 e. The van der Waals surface area contributed by atoms with Crippen LogP contribution in [-0.2, 0) is 6.42 Å². The van der Waals surface area contributed by atoms with E-state index < -0.39 is 0 Å². The molecule has 0 atom stereocenters. The summed E-state index contributed by atoms with van der Waals surface area (Å²) in [5.74, 6) is 0.950. The molecule has 0 radical (unpaired) electrons. The normalized spacial score (nSPS) is 10.9. The van der Waals surface area contributed by atoms with Gasteiger partial charge in [-0.3, -0.25) is 0 Å². The lowest BCUT2D eigenvalue weighted by Gasteiger charge is -2.14. The van der Waals surface area contributed by atoms with Gasteiger partial charge in [-0.1, -0.05) is 12.1 Å². The molecule has 0 amide bonds. The third kappa shape index (κ3) is 4.75. The van der Waals surface area contributed by atoms with E-state index in [0.717, 1.165) is 31.7 Å². The Balaban J connectivity index is 2.39. The van der Waals surface area contributed by atoms with E-state index in [0.29, 0.717) is 0 Å². The Morgan fingerprint density at radius 1 is 1.29 bits per heavy atom. The number of aryl methyl sites for hydroxylation is 2. The lowest BCUT2D eigenvalue weighted by Crippen LogP contribution is -2.23. The van der Waals surface area contributed by atoms with E-state index in [9.17, 15) is 0 Å². The van der Waals surface area contributed by atoms with Crippen molar-refractivity contribution in [2.24, 2.45) is 0 Å². The Bertz CT molecular complexity index is 339. The summed E-state index contributed by atoms with van der Waals surface area (Å²) in [7, 11) is 3.74. The molecule has 3 nitrogen and oxygen atoms in total. The van der Waals surface area contributed by atoms with Gasteiger partial charge in [0.15, 0.2) is 0 Å². The molecule has 0 aromatic heterocycles. The van der Waals surface area contributed by atoms with Crippen molar-refractivity contribution in [1.82, 2.24) is 4.90 Å². The third-order valence-corrected chi connectivity index (χ3v) is 2.95. The zero-order valence-corrected chi connectivity index (χ0v) is 11.1. The van der Waals surface area contributed by atoms with Gasteiger partial charge in [0.2, 0.25) is 0 Å². The fraction of sp³-hybridized carbons (Fsp3) is 0.571. The van der Waals surface area contributed by atoms with Crippen LogP contribution in [0.3, 0.4) is 0 Å². The molecule has 0 unspecified atom stereocenters. The highest BCUT2D eigenvalue weighted by atomic mass is 16.5. The number of methoxy groups -OCH3 is 1. The Morgan fingerprint density at radius 3 is 2.65 bits per heavy atom. The van der Waals surface area contributed by atoms with E-state index in [1.807, 2.05) is 13.1 Å². The van der Waals surface area contributed by atoms with Gasteiger partial charge in [0.1, 0.15) is 5.75 Å². The number of likely N-dealkylation sites (N-methyl/N-ethyl adjacent to an activating group) is 1. The van der Waals surface area contributed by atoms with Crippen LogP contribution in [0.2, 0.25) is 0 Å². The molecule has 3 heteroatoms. The van der Waals surface area contributed by atoms with Crippen LogP contribution < -0.4 is 4.74 Å². The molecule has 0 aliphatic rings. The number of rotatable bonds is 7. The molecule has 1 N–H and O–H groups in total. The van der Waals surface area contributed by atoms with Crippen molar-refractivity contribution in [3.63, 3.8) is 0 Å². The highest BCUT2D eigenvalue weighted by Gasteiger charge is 2.01. The minimum atomic E-state index is 0.234. The molecule has 0 spiro atoms. The minimum absolute atomic E-state index is 0.234. The van der Waals surface area contributed by atoms with Gasteiger partial charge in [0, 0.05) is 6.54 Å². The second-order valence-electron chi connectivity index (χ2n) is 4.43. The predicted octanol–water partition coefficient (Wildman–Crippen LogP) is 1.86. The van der Waals surface area contributed by atoms with Gasteiger partial charge in [-0.05, 0) is 50.6 Å². The van der Waals surface area contributed by atoms with Crippen LogP contribution in [0, 0.1) is 6.92 Å². The molecule has 0 aliphatic heterocycles. The van der Waals surface area contributed by atoms with Crippen molar-refractivity contribution in [1.29, 1.82) is 0 Å². The molecule has 0 heterocycles. The van der Waals surface area contributed by atoms with Crippen molar-refractivity contribution in [3.05, 3.63) is 29.3 Å². The van der Waals surface area contributed by atoms with Crippen LogP contribution in [0.15, 0.2) is 18.2 Å². The number of hydrogen-bond acceptors (Lipinski definition) is 3. The van der Waals surface area contributed by atoms with Crippen molar-refractivity contribution >= 4 is 0 Å².